The van der Waals surface area contributed by atoms with E-state index in [2.05, 4.69) is 0 Å². The minimum atomic E-state index is -1.39. The smallest absolute Gasteiger partial charge is 0.348 e. The quantitative estimate of drug-likeness (QED) is 0.488. The number of benzene rings is 1. The van der Waals surface area contributed by atoms with Crippen molar-refractivity contribution in [3.8, 4) is 5.75 Å². The van der Waals surface area contributed by atoms with Crippen molar-refractivity contribution in [2.75, 3.05) is 6.61 Å². The lowest BCUT2D eigenvalue weighted by molar-refractivity contribution is -0.222. The van der Waals surface area contributed by atoms with Gasteiger partial charge in [-0.05, 0) is 19.1 Å². The molecule has 0 unspecified atom stereocenters. The zero-order valence-corrected chi connectivity index (χ0v) is 12.2. The molecule has 1 fully saturated rings. The highest BCUT2D eigenvalue weighted by Crippen LogP contribution is 2.29. The lowest BCUT2D eigenvalue weighted by atomic mass is 10.1. The molecule has 0 radical (unpaired) electrons. The minimum Gasteiger partial charge on any atom is -0.490 e. The summed E-state index contributed by atoms with van der Waals surface area (Å²) in [6.45, 7) is 4.53. The van der Waals surface area contributed by atoms with Crippen LogP contribution in [0.3, 0.4) is 0 Å². The first-order chi connectivity index (χ1) is 10.2. The Labute approximate surface area is 125 Å². The predicted octanol–water partition coefficient (Wildman–Crippen LogP) is 2.58. The van der Waals surface area contributed by atoms with Gasteiger partial charge in [0.25, 0.3) is 5.79 Å². The van der Waals surface area contributed by atoms with Crippen LogP contribution < -0.4 is 4.74 Å². The number of carbonyl (C=O) groups excluding carboxylic acids is 2. The van der Waals surface area contributed by atoms with E-state index in [1.54, 1.807) is 6.92 Å². The fourth-order valence-electron chi connectivity index (χ4n) is 1.92. The second kappa shape index (κ2) is 5.75. The van der Waals surface area contributed by atoms with Gasteiger partial charge in [0.2, 0.25) is 0 Å². The molecule has 5 nitrogen and oxygen atoms in total. The van der Waals surface area contributed by atoms with Crippen LogP contribution in [0, 0.1) is 11.6 Å². The molecule has 2 rings (SSSR count). The Balaban J connectivity index is 2.49. The number of esters is 2. The van der Waals surface area contributed by atoms with Gasteiger partial charge in [0.1, 0.15) is 11.4 Å². The number of hydrogen-bond acceptors (Lipinski definition) is 5. The van der Waals surface area contributed by atoms with Gasteiger partial charge >= 0.3 is 11.9 Å². The van der Waals surface area contributed by atoms with Gasteiger partial charge in [-0.25, -0.2) is 18.4 Å². The first-order valence-corrected chi connectivity index (χ1v) is 6.53. The molecule has 1 aliphatic heterocycles. The van der Waals surface area contributed by atoms with Crippen molar-refractivity contribution in [1.82, 2.24) is 0 Å². The summed E-state index contributed by atoms with van der Waals surface area (Å²) in [5.41, 5.74) is -0.562. The third-order valence-electron chi connectivity index (χ3n) is 2.74. The van der Waals surface area contributed by atoms with Gasteiger partial charge in [0.05, 0.1) is 6.61 Å². The van der Waals surface area contributed by atoms with Crippen LogP contribution in [0.15, 0.2) is 17.7 Å². The van der Waals surface area contributed by atoms with Crippen molar-refractivity contribution in [2.24, 2.45) is 0 Å². The first kappa shape index (κ1) is 15.9. The number of hydrogen-bond donors (Lipinski definition) is 0. The summed E-state index contributed by atoms with van der Waals surface area (Å²) in [7, 11) is 0. The van der Waals surface area contributed by atoms with E-state index < -0.39 is 34.9 Å². The van der Waals surface area contributed by atoms with E-state index in [9.17, 15) is 18.4 Å². The molecule has 0 spiro atoms. The Kier molecular flexibility index (Phi) is 4.16. The molecule has 0 saturated carbocycles. The summed E-state index contributed by atoms with van der Waals surface area (Å²) in [4.78, 5) is 23.7. The van der Waals surface area contributed by atoms with Crippen LogP contribution >= 0.6 is 0 Å². The van der Waals surface area contributed by atoms with E-state index in [4.69, 9.17) is 14.2 Å². The summed E-state index contributed by atoms with van der Waals surface area (Å²) in [6, 6.07) is 1.59. The molecule has 7 heteroatoms. The minimum absolute atomic E-state index is 0.0945. The van der Waals surface area contributed by atoms with Gasteiger partial charge in [0, 0.05) is 25.5 Å². The maximum atomic E-state index is 13.7. The number of rotatable bonds is 3. The highest BCUT2D eigenvalue weighted by molar-refractivity contribution is 6.19. The molecule has 1 saturated heterocycles. The largest absolute Gasteiger partial charge is 0.490 e. The Morgan fingerprint density at radius 1 is 1.18 bits per heavy atom. The highest BCUT2D eigenvalue weighted by Gasteiger charge is 2.39. The molecule has 0 aromatic heterocycles. The molecular weight excluding hydrogens is 298 g/mol. The summed E-state index contributed by atoms with van der Waals surface area (Å²) in [6.07, 6.45) is 0.983. The van der Waals surface area contributed by atoms with Crippen molar-refractivity contribution >= 4 is 18.0 Å². The van der Waals surface area contributed by atoms with E-state index in [0.717, 1.165) is 12.1 Å². The Morgan fingerprint density at radius 3 is 2.32 bits per heavy atom. The van der Waals surface area contributed by atoms with Gasteiger partial charge in [0.15, 0.2) is 11.6 Å². The average Bonchev–Trinajstić information content (AvgIpc) is 2.36. The zero-order chi connectivity index (χ0) is 16.5. The predicted molar refractivity (Wildman–Crippen MR) is 71.8 cm³/mol. The Morgan fingerprint density at radius 2 is 1.77 bits per heavy atom. The van der Waals surface area contributed by atoms with Crippen molar-refractivity contribution in [1.29, 1.82) is 0 Å². The van der Waals surface area contributed by atoms with Crippen molar-refractivity contribution in [3.63, 3.8) is 0 Å². The van der Waals surface area contributed by atoms with Gasteiger partial charge in [-0.15, -0.1) is 0 Å². The number of carbonyl (C=O) groups is 2. The van der Waals surface area contributed by atoms with Crippen LogP contribution in [0.4, 0.5) is 8.78 Å². The monoisotopic (exact) mass is 312 g/mol. The van der Waals surface area contributed by atoms with Crippen molar-refractivity contribution in [2.45, 2.75) is 26.6 Å². The Hall–Kier alpha value is -2.44. The maximum Gasteiger partial charge on any atom is 0.348 e. The third-order valence-corrected chi connectivity index (χ3v) is 2.74. The van der Waals surface area contributed by atoms with Crippen LogP contribution in [0.25, 0.3) is 6.08 Å². The molecule has 1 aliphatic rings. The van der Waals surface area contributed by atoms with Crippen LogP contribution in [-0.2, 0) is 19.1 Å². The molecule has 0 aliphatic carbocycles. The molecule has 1 aromatic rings. The first-order valence-electron chi connectivity index (χ1n) is 6.53. The van der Waals surface area contributed by atoms with Crippen molar-refractivity contribution in [3.05, 3.63) is 34.9 Å². The van der Waals surface area contributed by atoms with E-state index in [1.165, 1.54) is 13.8 Å². The molecule has 1 heterocycles. The highest BCUT2D eigenvalue weighted by atomic mass is 19.1. The van der Waals surface area contributed by atoms with Gasteiger partial charge < -0.3 is 14.2 Å². The van der Waals surface area contributed by atoms with Crippen LogP contribution in [0.5, 0.6) is 5.75 Å². The van der Waals surface area contributed by atoms with Gasteiger partial charge in [-0.2, -0.15) is 0 Å². The SMILES string of the molecule is CCOc1c(F)cc(F)cc1C=C1C(=O)OC(C)(C)OC1=O. The molecule has 22 heavy (non-hydrogen) atoms. The lowest BCUT2D eigenvalue weighted by Gasteiger charge is -2.29. The van der Waals surface area contributed by atoms with E-state index in [0.29, 0.717) is 6.07 Å². The molecule has 0 amide bonds. The standard InChI is InChI=1S/C15H14F2O5/c1-4-20-12-8(5-9(16)7-11(12)17)6-10-13(18)21-15(2,3)22-14(10)19/h5-7H,4H2,1-3H3. The fraction of sp³-hybridized carbons (Fsp3) is 0.333. The number of cyclic esters (lactones) is 2. The topological polar surface area (TPSA) is 61.8 Å². The van der Waals surface area contributed by atoms with Crippen molar-refractivity contribution < 1.29 is 32.6 Å². The van der Waals surface area contributed by atoms with Gasteiger partial charge in [-0.1, -0.05) is 0 Å². The van der Waals surface area contributed by atoms with Gasteiger partial charge in [-0.3, -0.25) is 0 Å². The van der Waals surface area contributed by atoms with Crippen LogP contribution in [0.1, 0.15) is 26.3 Å². The fourth-order valence-corrected chi connectivity index (χ4v) is 1.92. The van der Waals surface area contributed by atoms with E-state index >= 15 is 0 Å². The second-order valence-corrected chi connectivity index (χ2v) is 4.98. The zero-order valence-electron chi connectivity index (χ0n) is 12.2. The molecular formula is C15H14F2O5. The Bertz CT molecular complexity index is 642. The second-order valence-electron chi connectivity index (χ2n) is 4.98. The molecule has 0 atom stereocenters. The van der Waals surface area contributed by atoms with E-state index in [-0.39, 0.29) is 17.9 Å². The van der Waals surface area contributed by atoms with Crippen LogP contribution in [0.2, 0.25) is 0 Å². The summed E-state index contributed by atoms with van der Waals surface area (Å²) < 4.78 is 42.0. The number of ether oxygens (including phenoxy) is 3. The van der Waals surface area contributed by atoms with E-state index in [1.807, 2.05) is 0 Å². The molecule has 0 bridgehead atoms. The summed E-state index contributed by atoms with van der Waals surface area (Å²) in [5, 5.41) is 0. The molecule has 0 N–H and O–H groups in total. The third kappa shape index (κ3) is 3.24. The summed E-state index contributed by atoms with van der Waals surface area (Å²) in [5.74, 6) is -5.33. The molecule has 118 valence electrons. The summed E-state index contributed by atoms with van der Waals surface area (Å²) >= 11 is 0. The lowest BCUT2D eigenvalue weighted by Crippen LogP contribution is -2.41. The maximum absolute atomic E-state index is 13.7. The number of halogens is 2. The average molecular weight is 312 g/mol. The molecule has 1 aromatic carbocycles. The van der Waals surface area contributed by atoms with Crippen LogP contribution in [-0.4, -0.2) is 24.3 Å². The normalized spacial score (nSPS) is 16.9.